The van der Waals surface area contributed by atoms with Gasteiger partial charge in [-0.25, -0.2) is 0 Å². The molecule has 0 unspecified atom stereocenters. The van der Waals surface area contributed by atoms with E-state index in [2.05, 4.69) is 11.4 Å². The summed E-state index contributed by atoms with van der Waals surface area (Å²) in [7, 11) is 1.62. The van der Waals surface area contributed by atoms with E-state index < -0.39 is 6.04 Å². The third-order valence-electron chi connectivity index (χ3n) is 5.34. The third kappa shape index (κ3) is 6.61. The summed E-state index contributed by atoms with van der Waals surface area (Å²) < 4.78 is 5.20. The monoisotopic (exact) mass is 410 g/mol. The summed E-state index contributed by atoms with van der Waals surface area (Å²) >= 11 is 0. The van der Waals surface area contributed by atoms with Gasteiger partial charge in [0, 0.05) is 12.6 Å². The van der Waals surface area contributed by atoms with Crippen LogP contribution in [0.25, 0.3) is 0 Å². The predicted molar refractivity (Wildman–Crippen MR) is 120 cm³/mol. The van der Waals surface area contributed by atoms with Crippen molar-refractivity contribution in [2.24, 2.45) is 0 Å². The van der Waals surface area contributed by atoms with Gasteiger partial charge in [-0.2, -0.15) is 0 Å². The summed E-state index contributed by atoms with van der Waals surface area (Å²) in [5.41, 5.74) is 3.05. The van der Waals surface area contributed by atoms with Crippen molar-refractivity contribution in [2.45, 2.75) is 65.6 Å². The number of aryl methyl sites for hydroxylation is 1. The number of carbonyl (C=O) groups is 2. The Morgan fingerprint density at radius 3 is 2.30 bits per heavy atom. The SMILES string of the molecule is CC[C@H](C)NC(=O)[C@H](CC)N(Cc1cccc(C)c1)C(=O)Cc1ccc(OC)cc1. The van der Waals surface area contributed by atoms with E-state index in [1.165, 1.54) is 0 Å². The molecule has 162 valence electrons. The Bertz CT molecular complexity index is 833. The van der Waals surface area contributed by atoms with Crippen LogP contribution in [-0.2, 0) is 22.6 Å². The van der Waals surface area contributed by atoms with E-state index in [-0.39, 0.29) is 24.3 Å². The molecule has 0 aliphatic heterocycles. The second-order valence-corrected chi connectivity index (χ2v) is 7.78. The standard InChI is InChI=1S/C25H34N2O3/c1-6-19(4)26-25(29)23(7-2)27(17-21-10-8-9-18(3)15-21)24(28)16-20-11-13-22(30-5)14-12-20/h8-15,19,23H,6-7,16-17H2,1-5H3,(H,26,29)/t19-,23-/m0/s1. The molecule has 0 aliphatic carbocycles. The van der Waals surface area contributed by atoms with Crippen LogP contribution < -0.4 is 10.1 Å². The number of ether oxygens (including phenoxy) is 1. The van der Waals surface area contributed by atoms with Crippen molar-refractivity contribution >= 4 is 11.8 Å². The molecular weight excluding hydrogens is 376 g/mol. The van der Waals surface area contributed by atoms with Gasteiger partial charge in [0.25, 0.3) is 0 Å². The van der Waals surface area contributed by atoms with Crippen LogP contribution in [-0.4, -0.2) is 35.9 Å². The average molecular weight is 411 g/mol. The fourth-order valence-electron chi connectivity index (χ4n) is 3.39. The van der Waals surface area contributed by atoms with E-state index in [0.29, 0.717) is 13.0 Å². The van der Waals surface area contributed by atoms with E-state index >= 15 is 0 Å². The summed E-state index contributed by atoms with van der Waals surface area (Å²) in [4.78, 5) is 28.0. The highest BCUT2D eigenvalue weighted by atomic mass is 16.5. The van der Waals surface area contributed by atoms with E-state index in [4.69, 9.17) is 4.74 Å². The number of carbonyl (C=O) groups excluding carboxylic acids is 2. The maximum atomic E-state index is 13.3. The van der Waals surface area contributed by atoms with Crippen molar-refractivity contribution in [3.05, 3.63) is 65.2 Å². The Hall–Kier alpha value is -2.82. The quantitative estimate of drug-likeness (QED) is 0.636. The summed E-state index contributed by atoms with van der Waals surface area (Å²) in [6.07, 6.45) is 1.64. The van der Waals surface area contributed by atoms with Gasteiger partial charge in [0.05, 0.1) is 13.5 Å². The molecule has 0 heterocycles. The molecule has 0 saturated heterocycles. The van der Waals surface area contributed by atoms with Gasteiger partial charge in [0.1, 0.15) is 11.8 Å². The Morgan fingerprint density at radius 2 is 1.73 bits per heavy atom. The summed E-state index contributed by atoms with van der Waals surface area (Å²) in [6.45, 7) is 8.40. The number of hydrogen-bond donors (Lipinski definition) is 1. The smallest absolute Gasteiger partial charge is 0.243 e. The van der Waals surface area contributed by atoms with Crippen LogP contribution in [0.3, 0.4) is 0 Å². The summed E-state index contributed by atoms with van der Waals surface area (Å²) in [5.74, 6) is 0.595. The Labute approximate surface area is 180 Å². The molecule has 5 nitrogen and oxygen atoms in total. The molecule has 0 aromatic heterocycles. The first kappa shape index (κ1) is 23.5. The molecule has 0 fully saturated rings. The lowest BCUT2D eigenvalue weighted by Gasteiger charge is -2.31. The molecule has 0 bridgehead atoms. The van der Waals surface area contributed by atoms with Crippen LogP contribution in [0.5, 0.6) is 5.75 Å². The van der Waals surface area contributed by atoms with Crippen LogP contribution in [0, 0.1) is 6.92 Å². The number of benzene rings is 2. The molecule has 2 amide bonds. The zero-order chi connectivity index (χ0) is 22.1. The minimum atomic E-state index is -0.509. The van der Waals surface area contributed by atoms with Crippen LogP contribution in [0.2, 0.25) is 0 Å². The average Bonchev–Trinajstić information content (AvgIpc) is 2.74. The van der Waals surface area contributed by atoms with Crippen molar-refractivity contribution in [2.75, 3.05) is 7.11 Å². The van der Waals surface area contributed by atoms with Crippen LogP contribution in [0.1, 0.15) is 50.3 Å². The van der Waals surface area contributed by atoms with Crippen LogP contribution in [0.15, 0.2) is 48.5 Å². The lowest BCUT2D eigenvalue weighted by atomic mass is 10.1. The topological polar surface area (TPSA) is 58.6 Å². The van der Waals surface area contributed by atoms with Gasteiger partial charge in [0.15, 0.2) is 0 Å². The van der Waals surface area contributed by atoms with E-state index in [0.717, 1.165) is 28.9 Å². The molecule has 1 N–H and O–H groups in total. The second kappa shape index (κ2) is 11.4. The molecule has 2 atom stereocenters. The minimum Gasteiger partial charge on any atom is -0.497 e. The lowest BCUT2D eigenvalue weighted by Crippen LogP contribution is -2.51. The van der Waals surface area contributed by atoms with Gasteiger partial charge in [-0.05, 0) is 49.9 Å². The second-order valence-electron chi connectivity index (χ2n) is 7.78. The molecular formula is C25H34N2O3. The minimum absolute atomic E-state index is 0.0622. The first-order chi connectivity index (χ1) is 14.4. The maximum Gasteiger partial charge on any atom is 0.243 e. The van der Waals surface area contributed by atoms with Crippen molar-refractivity contribution in [1.82, 2.24) is 10.2 Å². The van der Waals surface area contributed by atoms with E-state index in [1.807, 2.05) is 70.2 Å². The van der Waals surface area contributed by atoms with Crippen molar-refractivity contribution in [1.29, 1.82) is 0 Å². The fourth-order valence-corrected chi connectivity index (χ4v) is 3.39. The highest BCUT2D eigenvalue weighted by Crippen LogP contribution is 2.17. The lowest BCUT2D eigenvalue weighted by molar-refractivity contribution is -0.141. The van der Waals surface area contributed by atoms with Gasteiger partial charge < -0.3 is 15.0 Å². The van der Waals surface area contributed by atoms with E-state index in [1.54, 1.807) is 12.0 Å². The highest BCUT2D eigenvalue weighted by molar-refractivity contribution is 5.88. The van der Waals surface area contributed by atoms with E-state index in [9.17, 15) is 9.59 Å². The number of nitrogens with one attached hydrogen (secondary N) is 1. The third-order valence-corrected chi connectivity index (χ3v) is 5.34. The Morgan fingerprint density at radius 1 is 1.03 bits per heavy atom. The molecule has 2 aromatic carbocycles. The fraction of sp³-hybridized carbons (Fsp3) is 0.440. The predicted octanol–water partition coefficient (Wildman–Crippen LogP) is 4.27. The van der Waals surface area contributed by atoms with Crippen molar-refractivity contribution in [3.8, 4) is 5.75 Å². The first-order valence-electron chi connectivity index (χ1n) is 10.7. The molecule has 2 rings (SSSR count). The molecule has 0 aliphatic rings. The van der Waals surface area contributed by atoms with Gasteiger partial charge >= 0.3 is 0 Å². The Kier molecular flexibility index (Phi) is 8.90. The highest BCUT2D eigenvalue weighted by Gasteiger charge is 2.29. The zero-order valence-electron chi connectivity index (χ0n) is 18.8. The number of hydrogen-bond acceptors (Lipinski definition) is 3. The number of amides is 2. The van der Waals surface area contributed by atoms with Gasteiger partial charge in [-0.1, -0.05) is 55.8 Å². The molecule has 0 radical (unpaired) electrons. The summed E-state index contributed by atoms with van der Waals surface area (Å²) in [6, 6.07) is 15.1. The molecule has 2 aromatic rings. The number of methoxy groups -OCH3 is 1. The van der Waals surface area contributed by atoms with Gasteiger partial charge in [0.2, 0.25) is 11.8 Å². The molecule has 0 saturated carbocycles. The number of rotatable bonds is 10. The number of nitrogens with zero attached hydrogens (tertiary/aromatic N) is 1. The largest absolute Gasteiger partial charge is 0.497 e. The zero-order valence-corrected chi connectivity index (χ0v) is 18.8. The maximum absolute atomic E-state index is 13.3. The molecule has 0 spiro atoms. The van der Waals surface area contributed by atoms with Crippen molar-refractivity contribution < 1.29 is 14.3 Å². The van der Waals surface area contributed by atoms with Gasteiger partial charge in [-0.3, -0.25) is 9.59 Å². The van der Waals surface area contributed by atoms with Crippen LogP contribution in [0.4, 0.5) is 0 Å². The van der Waals surface area contributed by atoms with Gasteiger partial charge in [-0.15, -0.1) is 0 Å². The summed E-state index contributed by atoms with van der Waals surface area (Å²) in [5, 5.41) is 3.04. The first-order valence-corrected chi connectivity index (χ1v) is 10.7. The molecule has 30 heavy (non-hydrogen) atoms. The normalized spacial score (nSPS) is 12.7. The Balaban J connectivity index is 2.27. The molecule has 5 heteroatoms. The van der Waals surface area contributed by atoms with Crippen LogP contribution >= 0.6 is 0 Å². The van der Waals surface area contributed by atoms with Crippen molar-refractivity contribution in [3.63, 3.8) is 0 Å².